The van der Waals surface area contributed by atoms with E-state index in [2.05, 4.69) is 10.3 Å². The molecule has 5 nitrogen and oxygen atoms in total. The van der Waals surface area contributed by atoms with Gasteiger partial charge in [0.15, 0.2) is 5.13 Å². The van der Waals surface area contributed by atoms with Gasteiger partial charge in [0, 0.05) is 0 Å². The van der Waals surface area contributed by atoms with Crippen molar-refractivity contribution >= 4 is 32.6 Å². The molecule has 1 heterocycles. The number of anilines is 1. The van der Waals surface area contributed by atoms with Crippen LogP contribution in [0.25, 0.3) is 10.2 Å². The molecule has 3 N–H and O–H groups in total. The fourth-order valence-electron chi connectivity index (χ4n) is 1.30. The van der Waals surface area contributed by atoms with Crippen molar-refractivity contribution < 1.29 is 9.53 Å². The van der Waals surface area contributed by atoms with Gasteiger partial charge in [0.2, 0.25) is 5.91 Å². The number of carbonyl (C=O) groups is 1. The summed E-state index contributed by atoms with van der Waals surface area (Å²) in [6, 6.07) is 5.02. The molecule has 1 aromatic heterocycles. The summed E-state index contributed by atoms with van der Waals surface area (Å²) in [4.78, 5) is 15.7. The van der Waals surface area contributed by atoms with Crippen LogP contribution in [0.4, 0.5) is 5.13 Å². The maximum atomic E-state index is 11.4. The average Bonchev–Trinajstić information content (AvgIpc) is 2.69. The van der Waals surface area contributed by atoms with Gasteiger partial charge in [-0.2, -0.15) is 0 Å². The molecule has 1 atom stereocenters. The molecule has 1 aromatic carbocycles. The summed E-state index contributed by atoms with van der Waals surface area (Å²) in [5.74, 6) is 0.530. The maximum Gasteiger partial charge on any atom is 0.242 e. The van der Waals surface area contributed by atoms with E-state index in [0.29, 0.717) is 5.13 Å². The van der Waals surface area contributed by atoms with Gasteiger partial charge in [-0.25, -0.2) is 4.98 Å². The standard InChI is InChI=1S/C11H13N3O2S/c1-6(12)10(15)14-11-13-8-4-3-7(16-2)5-9(8)17-11/h3-6H,12H2,1-2H3,(H,13,14,15)/t6-/m1/s1. The van der Waals surface area contributed by atoms with E-state index >= 15 is 0 Å². The predicted molar refractivity (Wildman–Crippen MR) is 68.5 cm³/mol. The second kappa shape index (κ2) is 4.68. The Morgan fingerprint density at radius 3 is 3.00 bits per heavy atom. The van der Waals surface area contributed by atoms with Gasteiger partial charge in [-0.05, 0) is 25.1 Å². The normalized spacial score (nSPS) is 12.4. The zero-order valence-electron chi connectivity index (χ0n) is 9.56. The molecule has 0 aliphatic rings. The molecule has 90 valence electrons. The number of ether oxygens (including phenoxy) is 1. The number of hydrogen-bond acceptors (Lipinski definition) is 5. The Morgan fingerprint density at radius 1 is 1.59 bits per heavy atom. The largest absolute Gasteiger partial charge is 0.497 e. The highest BCUT2D eigenvalue weighted by Crippen LogP contribution is 2.29. The number of carbonyl (C=O) groups excluding carboxylic acids is 1. The van der Waals surface area contributed by atoms with Crippen molar-refractivity contribution in [2.45, 2.75) is 13.0 Å². The molecule has 2 rings (SSSR count). The number of benzene rings is 1. The van der Waals surface area contributed by atoms with Gasteiger partial charge in [-0.15, -0.1) is 0 Å². The van der Waals surface area contributed by atoms with Crippen LogP contribution >= 0.6 is 11.3 Å². The zero-order valence-corrected chi connectivity index (χ0v) is 10.4. The third kappa shape index (κ3) is 2.54. The molecular formula is C11H13N3O2S. The van der Waals surface area contributed by atoms with Gasteiger partial charge in [-0.3, -0.25) is 4.79 Å². The van der Waals surface area contributed by atoms with Crippen LogP contribution in [0.2, 0.25) is 0 Å². The Hall–Kier alpha value is -1.66. The van der Waals surface area contributed by atoms with Crippen molar-refractivity contribution in [3.63, 3.8) is 0 Å². The second-order valence-electron chi connectivity index (χ2n) is 3.63. The Balaban J connectivity index is 2.28. The molecule has 1 amide bonds. The van der Waals surface area contributed by atoms with Gasteiger partial charge in [0.25, 0.3) is 0 Å². The topological polar surface area (TPSA) is 77.2 Å². The lowest BCUT2D eigenvalue weighted by Gasteiger charge is -2.02. The number of aromatic nitrogens is 1. The molecule has 0 fully saturated rings. The lowest BCUT2D eigenvalue weighted by atomic mass is 10.3. The van der Waals surface area contributed by atoms with Crippen LogP contribution in [-0.2, 0) is 4.79 Å². The van der Waals surface area contributed by atoms with E-state index < -0.39 is 6.04 Å². The van der Waals surface area contributed by atoms with Crippen molar-refractivity contribution in [2.75, 3.05) is 12.4 Å². The van der Waals surface area contributed by atoms with Crippen molar-refractivity contribution in [3.8, 4) is 5.75 Å². The summed E-state index contributed by atoms with van der Waals surface area (Å²) >= 11 is 1.39. The van der Waals surface area contributed by atoms with Crippen LogP contribution in [0.3, 0.4) is 0 Å². The molecular weight excluding hydrogens is 238 g/mol. The Morgan fingerprint density at radius 2 is 2.35 bits per heavy atom. The zero-order chi connectivity index (χ0) is 12.4. The second-order valence-corrected chi connectivity index (χ2v) is 4.66. The quantitative estimate of drug-likeness (QED) is 0.868. The van der Waals surface area contributed by atoms with Crippen LogP contribution in [0.15, 0.2) is 18.2 Å². The monoisotopic (exact) mass is 251 g/mol. The average molecular weight is 251 g/mol. The van der Waals surface area contributed by atoms with Gasteiger partial charge < -0.3 is 15.8 Å². The van der Waals surface area contributed by atoms with Crippen LogP contribution in [0.1, 0.15) is 6.92 Å². The predicted octanol–water partition coefficient (Wildman–Crippen LogP) is 1.59. The molecule has 0 saturated carbocycles. The molecule has 0 saturated heterocycles. The maximum absolute atomic E-state index is 11.4. The van der Waals surface area contributed by atoms with Crippen LogP contribution in [0.5, 0.6) is 5.75 Å². The molecule has 6 heteroatoms. The molecule has 2 aromatic rings. The van der Waals surface area contributed by atoms with E-state index in [9.17, 15) is 4.79 Å². The lowest BCUT2D eigenvalue weighted by molar-refractivity contribution is -0.117. The smallest absolute Gasteiger partial charge is 0.242 e. The Labute approximate surface area is 103 Å². The highest BCUT2D eigenvalue weighted by atomic mass is 32.1. The highest BCUT2D eigenvalue weighted by Gasteiger charge is 2.11. The van der Waals surface area contributed by atoms with Crippen LogP contribution in [0, 0.1) is 0 Å². The summed E-state index contributed by atoms with van der Waals surface area (Å²) in [7, 11) is 1.61. The Kier molecular flexibility index (Phi) is 3.26. The number of methoxy groups -OCH3 is 1. The molecule has 0 unspecified atom stereocenters. The van der Waals surface area contributed by atoms with Crippen molar-refractivity contribution in [3.05, 3.63) is 18.2 Å². The summed E-state index contributed by atoms with van der Waals surface area (Å²) in [5, 5.41) is 3.22. The van der Waals surface area contributed by atoms with E-state index in [1.807, 2.05) is 18.2 Å². The fraction of sp³-hybridized carbons (Fsp3) is 0.273. The van der Waals surface area contributed by atoms with Gasteiger partial charge >= 0.3 is 0 Å². The first-order valence-electron chi connectivity index (χ1n) is 5.11. The number of rotatable bonds is 3. The summed E-state index contributed by atoms with van der Waals surface area (Å²) in [6.45, 7) is 1.63. The molecule has 0 aliphatic carbocycles. The fourth-order valence-corrected chi connectivity index (χ4v) is 2.20. The first-order valence-corrected chi connectivity index (χ1v) is 5.93. The van der Waals surface area contributed by atoms with E-state index in [0.717, 1.165) is 16.0 Å². The minimum absolute atomic E-state index is 0.240. The first kappa shape index (κ1) is 11.8. The molecule has 0 radical (unpaired) electrons. The van der Waals surface area contributed by atoms with Crippen LogP contribution in [-0.4, -0.2) is 24.0 Å². The molecule has 0 bridgehead atoms. The molecule has 17 heavy (non-hydrogen) atoms. The third-order valence-corrected chi connectivity index (χ3v) is 3.17. The van der Waals surface area contributed by atoms with E-state index in [4.69, 9.17) is 10.5 Å². The summed E-state index contributed by atoms with van der Waals surface area (Å²) in [5.41, 5.74) is 6.30. The number of amides is 1. The van der Waals surface area contributed by atoms with Gasteiger partial charge in [0.1, 0.15) is 5.75 Å². The lowest BCUT2D eigenvalue weighted by Crippen LogP contribution is -2.32. The minimum Gasteiger partial charge on any atom is -0.497 e. The number of nitrogens with zero attached hydrogens (tertiary/aromatic N) is 1. The van der Waals surface area contributed by atoms with Gasteiger partial charge in [0.05, 0.1) is 23.4 Å². The van der Waals surface area contributed by atoms with Crippen molar-refractivity contribution in [2.24, 2.45) is 5.73 Å². The number of hydrogen-bond donors (Lipinski definition) is 2. The Bertz CT molecular complexity index is 551. The number of thiazole rings is 1. The SMILES string of the molecule is COc1ccc2nc(NC(=O)[C@@H](C)N)sc2c1. The van der Waals surface area contributed by atoms with Crippen molar-refractivity contribution in [1.82, 2.24) is 4.98 Å². The van der Waals surface area contributed by atoms with Crippen LogP contribution < -0.4 is 15.8 Å². The van der Waals surface area contributed by atoms with Gasteiger partial charge in [-0.1, -0.05) is 11.3 Å². The van der Waals surface area contributed by atoms with E-state index in [-0.39, 0.29) is 5.91 Å². The minimum atomic E-state index is -0.545. The first-order chi connectivity index (χ1) is 8.10. The highest BCUT2D eigenvalue weighted by molar-refractivity contribution is 7.22. The van der Waals surface area contributed by atoms with E-state index in [1.165, 1.54) is 11.3 Å². The number of nitrogens with two attached hydrogens (primary N) is 1. The third-order valence-electron chi connectivity index (χ3n) is 2.24. The number of fused-ring (bicyclic) bond motifs is 1. The molecule has 0 aliphatic heterocycles. The summed E-state index contributed by atoms with van der Waals surface area (Å²) in [6.07, 6.45) is 0. The number of nitrogens with one attached hydrogen (secondary N) is 1. The van der Waals surface area contributed by atoms with Crippen molar-refractivity contribution in [1.29, 1.82) is 0 Å². The van der Waals surface area contributed by atoms with E-state index in [1.54, 1.807) is 14.0 Å². The molecule has 0 spiro atoms. The summed E-state index contributed by atoms with van der Waals surface area (Å²) < 4.78 is 6.08.